The van der Waals surface area contributed by atoms with E-state index in [-0.39, 0.29) is 11.3 Å². The van der Waals surface area contributed by atoms with Gasteiger partial charge in [-0.1, -0.05) is 29.8 Å². The first-order chi connectivity index (χ1) is 9.27. The van der Waals surface area contributed by atoms with Crippen LogP contribution in [0.25, 0.3) is 0 Å². The van der Waals surface area contributed by atoms with Crippen molar-refractivity contribution in [2.24, 2.45) is 0 Å². The van der Waals surface area contributed by atoms with Crippen LogP contribution in [0.2, 0.25) is 5.02 Å². The highest BCUT2D eigenvalue weighted by atomic mass is 35.5. The maximum Gasteiger partial charge on any atom is 0.256 e. The highest BCUT2D eigenvalue weighted by Gasteiger charge is 2.32. The van der Waals surface area contributed by atoms with Crippen LogP contribution in [0.1, 0.15) is 20.6 Å². The van der Waals surface area contributed by atoms with Crippen LogP contribution in [-0.2, 0) is 0 Å². The van der Waals surface area contributed by atoms with Gasteiger partial charge in [-0.25, -0.2) is 0 Å². The Morgan fingerprint density at radius 1 is 1.26 bits per heavy atom. The van der Waals surface area contributed by atoms with Crippen LogP contribution in [0.3, 0.4) is 0 Å². The van der Waals surface area contributed by atoms with Gasteiger partial charge in [0.1, 0.15) is 5.37 Å². The second-order valence-electron chi connectivity index (χ2n) is 4.22. The SMILES string of the molecule is O=C(c1ccccc1Cl)N1CCS[C@@H]1c1cccs1. The van der Waals surface area contributed by atoms with Gasteiger partial charge in [-0.15, -0.1) is 23.1 Å². The number of hydrogen-bond donors (Lipinski definition) is 0. The number of hydrogen-bond acceptors (Lipinski definition) is 3. The summed E-state index contributed by atoms with van der Waals surface area (Å²) in [5.41, 5.74) is 0.591. The molecule has 0 N–H and O–H groups in total. The molecule has 3 rings (SSSR count). The molecular weight excluding hydrogens is 298 g/mol. The van der Waals surface area contributed by atoms with Gasteiger partial charge in [-0.3, -0.25) is 4.79 Å². The summed E-state index contributed by atoms with van der Waals surface area (Å²) in [6, 6.07) is 11.4. The van der Waals surface area contributed by atoms with Crippen molar-refractivity contribution in [2.75, 3.05) is 12.3 Å². The summed E-state index contributed by atoms with van der Waals surface area (Å²) in [6.45, 7) is 0.775. The van der Waals surface area contributed by atoms with Crippen LogP contribution >= 0.6 is 34.7 Å². The van der Waals surface area contributed by atoms with Gasteiger partial charge in [0.15, 0.2) is 0 Å². The van der Waals surface area contributed by atoms with Gasteiger partial charge in [0.05, 0.1) is 10.6 Å². The second-order valence-corrected chi connectivity index (χ2v) is 6.79. The molecule has 2 nitrogen and oxygen atoms in total. The molecule has 0 radical (unpaired) electrons. The number of carbonyl (C=O) groups excluding carboxylic acids is 1. The van der Waals surface area contributed by atoms with Gasteiger partial charge in [0.2, 0.25) is 0 Å². The summed E-state index contributed by atoms with van der Waals surface area (Å²) in [5.74, 6) is 0.993. The summed E-state index contributed by atoms with van der Waals surface area (Å²) in [4.78, 5) is 15.7. The molecule has 1 aromatic carbocycles. The van der Waals surface area contributed by atoms with Crippen LogP contribution in [0.5, 0.6) is 0 Å². The van der Waals surface area contributed by atoms with Crippen molar-refractivity contribution >= 4 is 40.6 Å². The van der Waals surface area contributed by atoms with E-state index in [1.807, 2.05) is 40.2 Å². The maximum absolute atomic E-state index is 12.6. The van der Waals surface area contributed by atoms with E-state index in [2.05, 4.69) is 6.07 Å². The molecule has 98 valence electrons. The number of rotatable bonds is 2. The number of carbonyl (C=O) groups is 1. The Labute approximate surface area is 125 Å². The van der Waals surface area contributed by atoms with E-state index < -0.39 is 0 Å². The normalized spacial score (nSPS) is 18.8. The summed E-state index contributed by atoms with van der Waals surface area (Å²) >= 11 is 9.62. The number of halogens is 1. The molecule has 1 saturated heterocycles. The van der Waals surface area contributed by atoms with Crippen LogP contribution in [0.4, 0.5) is 0 Å². The largest absolute Gasteiger partial charge is 0.321 e. The molecule has 19 heavy (non-hydrogen) atoms. The van der Waals surface area contributed by atoms with Crippen molar-refractivity contribution in [3.63, 3.8) is 0 Å². The quantitative estimate of drug-likeness (QED) is 0.825. The zero-order valence-electron chi connectivity index (χ0n) is 10.1. The lowest BCUT2D eigenvalue weighted by atomic mass is 10.2. The van der Waals surface area contributed by atoms with Crippen molar-refractivity contribution in [2.45, 2.75) is 5.37 Å². The van der Waals surface area contributed by atoms with Crippen molar-refractivity contribution in [3.05, 3.63) is 57.2 Å². The highest BCUT2D eigenvalue weighted by Crippen LogP contribution is 2.41. The molecule has 0 saturated carbocycles. The van der Waals surface area contributed by atoms with E-state index in [4.69, 9.17) is 11.6 Å². The Kier molecular flexibility index (Phi) is 3.82. The molecule has 1 atom stereocenters. The molecule has 1 aliphatic rings. The summed E-state index contributed by atoms with van der Waals surface area (Å²) in [6.07, 6.45) is 0. The van der Waals surface area contributed by atoms with Crippen LogP contribution in [0, 0.1) is 0 Å². The van der Waals surface area contributed by atoms with Crippen LogP contribution in [-0.4, -0.2) is 23.1 Å². The molecule has 0 unspecified atom stereocenters. The van der Waals surface area contributed by atoms with Gasteiger partial charge in [0, 0.05) is 17.2 Å². The smallest absolute Gasteiger partial charge is 0.256 e. The predicted octanol–water partition coefficient (Wildman–Crippen LogP) is 4.29. The average molecular weight is 310 g/mol. The lowest BCUT2D eigenvalue weighted by molar-refractivity contribution is 0.0762. The first-order valence-electron chi connectivity index (χ1n) is 5.98. The number of benzene rings is 1. The minimum absolute atomic E-state index is 0.0222. The molecule has 0 aliphatic carbocycles. The van der Waals surface area contributed by atoms with Gasteiger partial charge in [0.25, 0.3) is 5.91 Å². The standard InChI is InChI=1S/C14H12ClNOS2/c15-11-5-2-1-4-10(11)13(17)16-7-9-19-14(16)12-6-3-8-18-12/h1-6,8,14H,7,9H2/t14-/m1/s1. The minimum Gasteiger partial charge on any atom is -0.321 e. The van der Waals surface area contributed by atoms with Gasteiger partial charge in [-0.05, 0) is 23.6 Å². The molecule has 1 amide bonds. The summed E-state index contributed by atoms with van der Waals surface area (Å²) in [5, 5.41) is 2.70. The third-order valence-electron chi connectivity index (χ3n) is 3.04. The van der Waals surface area contributed by atoms with E-state index in [1.54, 1.807) is 23.5 Å². The van der Waals surface area contributed by atoms with Crippen LogP contribution < -0.4 is 0 Å². The molecular formula is C14H12ClNOS2. The number of thiophene rings is 1. The zero-order valence-corrected chi connectivity index (χ0v) is 12.5. The van der Waals surface area contributed by atoms with Gasteiger partial charge >= 0.3 is 0 Å². The van der Waals surface area contributed by atoms with Gasteiger partial charge < -0.3 is 4.90 Å². The Morgan fingerprint density at radius 3 is 2.84 bits per heavy atom. The Morgan fingerprint density at radius 2 is 2.11 bits per heavy atom. The third kappa shape index (κ3) is 2.53. The molecule has 2 heterocycles. The monoisotopic (exact) mass is 309 g/mol. The molecule has 0 spiro atoms. The number of amides is 1. The predicted molar refractivity (Wildman–Crippen MR) is 82.0 cm³/mol. The summed E-state index contributed by atoms with van der Waals surface area (Å²) in [7, 11) is 0. The van der Waals surface area contributed by atoms with Crippen molar-refractivity contribution in [3.8, 4) is 0 Å². The zero-order chi connectivity index (χ0) is 13.2. The summed E-state index contributed by atoms with van der Waals surface area (Å²) < 4.78 is 0. The Hall–Kier alpha value is -0.970. The minimum atomic E-state index is 0.0222. The molecule has 2 aromatic rings. The van der Waals surface area contributed by atoms with E-state index in [1.165, 1.54) is 4.88 Å². The lowest BCUT2D eigenvalue weighted by Crippen LogP contribution is -2.30. The molecule has 0 bridgehead atoms. The Balaban J connectivity index is 1.89. The number of thioether (sulfide) groups is 1. The maximum atomic E-state index is 12.6. The van der Waals surface area contributed by atoms with Crippen molar-refractivity contribution < 1.29 is 4.79 Å². The van der Waals surface area contributed by atoms with E-state index in [0.29, 0.717) is 10.6 Å². The molecule has 1 fully saturated rings. The molecule has 5 heteroatoms. The highest BCUT2D eigenvalue weighted by molar-refractivity contribution is 7.99. The Bertz CT molecular complexity index is 585. The first kappa shape index (κ1) is 13.0. The lowest BCUT2D eigenvalue weighted by Gasteiger charge is -2.23. The van der Waals surface area contributed by atoms with E-state index >= 15 is 0 Å². The van der Waals surface area contributed by atoms with E-state index in [0.717, 1.165) is 12.3 Å². The molecule has 1 aliphatic heterocycles. The second kappa shape index (κ2) is 5.57. The topological polar surface area (TPSA) is 20.3 Å². The van der Waals surface area contributed by atoms with Crippen molar-refractivity contribution in [1.29, 1.82) is 0 Å². The fraction of sp³-hybridized carbons (Fsp3) is 0.214. The molecule has 1 aromatic heterocycles. The van der Waals surface area contributed by atoms with Crippen LogP contribution in [0.15, 0.2) is 41.8 Å². The van der Waals surface area contributed by atoms with Gasteiger partial charge in [-0.2, -0.15) is 0 Å². The third-order valence-corrected chi connectivity index (χ3v) is 5.69. The van der Waals surface area contributed by atoms with Crippen molar-refractivity contribution in [1.82, 2.24) is 4.90 Å². The number of nitrogens with zero attached hydrogens (tertiary/aromatic N) is 1. The fourth-order valence-corrected chi connectivity index (χ4v) is 4.59. The average Bonchev–Trinajstić information content (AvgIpc) is 3.09. The first-order valence-corrected chi connectivity index (χ1v) is 8.28. The van der Waals surface area contributed by atoms with E-state index in [9.17, 15) is 4.79 Å². The fourth-order valence-electron chi connectivity index (χ4n) is 2.13.